The maximum absolute atomic E-state index is 6.85. The molecule has 132 valence electrons. The van der Waals surface area contributed by atoms with Crippen molar-refractivity contribution in [3.63, 3.8) is 0 Å². The Balaban J connectivity index is 2.76. The third kappa shape index (κ3) is 5.35. The van der Waals surface area contributed by atoms with Gasteiger partial charge in [-0.15, -0.1) is 0 Å². The number of unbranched alkanes of at least 4 members (excludes halogenated alkanes) is 3. The van der Waals surface area contributed by atoms with Crippen LogP contribution in [-0.2, 0) is 4.43 Å². The predicted octanol–water partition coefficient (Wildman–Crippen LogP) is 5.86. The van der Waals surface area contributed by atoms with Crippen molar-refractivity contribution in [2.75, 3.05) is 0 Å². The molecule has 0 radical (unpaired) electrons. The summed E-state index contributed by atoms with van der Waals surface area (Å²) in [4.78, 5) is 0. The van der Waals surface area contributed by atoms with E-state index in [1.807, 2.05) is 0 Å². The summed E-state index contributed by atoms with van der Waals surface area (Å²) in [6, 6.07) is 0.371. The summed E-state index contributed by atoms with van der Waals surface area (Å²) >= 11 is 0. The van der Waals surface area contributed by atoms with Gasteiger partial charge in [0.1, 0.15) is 0 Å². The molecular weight excluding hydrogens is 286 g/mol. The second-order valence-corrected chi connectivity index (χ2v) is 14.1. The maximum Gasteiger partial charge on any atom is 0.192 e. The van der Waals surface area contributed by atoms with E-state index in [0.717, 1.165) is 19.3 Å². The lowest BCUT2D eigenvalue weighted by Gasteiger charge is -2.49. The zero-order valence-electron chi connectivity index (χ0n) is 16.3. The lowest BCUT2D eigenvalue weighted by atomic mass is 9.68. The predicted molar refractivity (Wildman–Crippen MR) is 101 cm³/mol. The van der Waals surface area contributed by atoms with E-state index in [9.17, 15) is 0 Å². The van der Waals surface area contributed by atoms with Crippen LogP contribution in [0.1, 0.15) is 86.0 Å². The highest BCUT2D eigenvalue weighted by Crippen LogP contribution is 2.46. The minimum absolute atomic E-state index is 0.279. The Hall–Kier alpha value is 0.137. The highest BCUT2D eigenvalue weighted by atomic mass is 28.4. The van der Waals surface area contributed by atoms with Crippen molar-refractivity contribution in [2.45, 2.75) is 116 Å². The summed E-state index contributed by atoms with van der Waals surface area (Å²) in [6.45, 7) is 16.5. The molecular formula is C19H41NOSi. The van der Waals surface area contributed by atoms with Gasteiger partial charge in [-0.05, 0) is 49.2 Å². The van der Waals surface area contributed by atoms with Gasteiger partial charge in [0.05, 0.1) is 6.10 Å². The molecule has 0 aromatic rings. The van der Waals surface area contributed by atoms with E-state index in [2.05, 4.69) is 47.7 Å². The first-order valence-electron chi connectivity index (χ1n) is 9.45. The quantitative estimate of drug-likeness (QED) is 0.469. The van der Waals surface area contributed by atoms with Crippen LogP contribution in [0.5, 0.6) is 0 Å². The Morgan fingerprint density at radius 2 is 1.77 bits per heavy atom. The molecule has 0 amide bonds. The summed E-state index contributed by atoms with van der Waals surface area (Å²) in [5.41, 5.74) is 6.59. The molecule has 1 rings (SSSR count). The van der Waals surface area contributed by atoms with E-state index in [1.165, 1.54) is 32.1 Å². The minimum Gasteiger partial charge on any atom is -0.413 e. The molecule has 0 aliphatic heterocycles. The van der Waals surface area contributed by atoms with Gasteiger partial charge in [-0.3, -0.25) is 0 Å². The molecule has 1 aliphatic rings. The Bertz CT molecular complexity index is 337. The molecule has 3 heteroatoms. The first-order valence-corrected chi connectivity index (χ1v) is 12.4. The van der Waals surface area contributed by atoms with Crippen molar-refractivity contribution >= 4 is 8.32 Å². The standard InChI is InChI=1S/C19H41NOSi/c1-8-9-10-11-14-19(5)15-16(20)12-13-17(19)21-22(6,7)18(2,3)4/h16-17H,8-15,20H2,1-7H3/t16-,17-,19?/m0/s1. The number of hydrogen-bond donors (Lipinski definition) is 1. The largest absolute Gasteiger partial charge is 0.413 e. The average Bonchev–Trinajstić information content (AvgIpc) is 2.37. The molecule has 0 saturated heterocycles. The van der Waals surface area contributed by atoms with Crippen LogP contribution >= 0.6 is 0 Å². The van der Waals surface area contributed by atoms with Gasteiger partial charge >= 0.3 is 0 Å². The number of hydrogen-bond acceptors (Lipinski definition) is 2. The van der Waals surface area contributed by atoms with Crippen LogP contribution in [0.25, 0.3) is 0 Å². The maximum atomic E-state index is 6.85. The van der Waals surface area contributed by atoms with Gasteiger partial charge in [0.15, 0.2) is 8.32 Å². The summed E-state index contributed by atoms with van der Waals surface area (Å²) in [7, 11) is -1.70. The van der Waals surface area contributed by atoms with Gasteiger partial charge in [0.2, 0.25) is 0 Å². The second-order valence-electron chi connectivity index (χ2n) is 9.37. The van der Waals surface area contributed by atoms with E-state index in [0.29, 0.717) is 12.1 Å². The van der Waals surface area contributed by atoms with Crippen molar-refractivity contribution in [1.82, 2.24) is 0 Å². The zero-order valence-corrected chi connectivity index (χ0v) is 17.3. The lowest BCUT2D eigenvalue weighted by Crippen LogP contribution is -2.52. The third-order valence-electron chi connectivity index (χ3n) is 6.15. The van der Waals surface area contributed by atoms with Gasteiger partial charge < -0.3 is 10.2 Å². The number of rotatable bonds is 7. The summed E-state index contributed by atoms with van der Waals surface area (Å²) < 4.78 is 6.85. The van der Waals surface area contributed by atoms with Crippen molar-refractivity contribution in [2.24, 2.45) is 11.1 Å². The minimum atomic E-state index is -1.70. The van der Waals surface area contributed by atoms with E-state index in [-0.39, 0.29) is 10.5 Å². The second kappa shape index (κ2) is 7.81. The Morgan fingerprint density at radius 1 is 1.14 bits per heavy atom. The molecule has 0 spiro atoms. The van der Waals surface area contributed by atoms with Crippen LogP contribution in [0.4, 0.5) is 0 Å². The number of nitrogens with two attached hydrogens (primary N) is 1. The molecule has 1 aliphatic carbocycles. The van der Waals surface area contributed by atoms with Crippen LogP contribution in [0.2, 0.25) is 18.1 Å². The summed E-state index contributed by atoms with van der Waals surface area (Å²) in [5, 5.41) is 0.287. The van der Waals surface area contributed by atoms with E-state index < -0.39 is 8.32 Å². The molecule has 3 atom stereocenters. The van der Waals surface area contributed by atoms with Crippen LogP contribution in [0.3, 0.4) is 0 Å². The first-order chi connectivity index (χ1) is 10.0. The van der Waals surface area contributed by atoms with Gasteiger partial charge in [-0.25, -0.2) is 0 Å². The van der Waals surface area contributed by atoms with Gasteiger partial charge in [0, 0.05) is 6.04 Å². The molecule has 0 aromatic carbocycles. The zero-order chi connectivity index (χ0) is 17.0. The molecule has 2 nitrogen and oxygen atoms in total. The summed E-state index contributed by atoms with van der Waals surface area (Å²) in [6.07, 6.45) is 10.5. The Labute approximate surface area is 140 Å². The fourth-order valence-electron chi connectivity index (χ4n) is 3.50. The van der Waals surface area contributed by atoms with Crippen LogP contribution < -0.4 is 5.73 Å². The lowest BCUT2D eigenvalue weighted by molar-refractivity contribution is -0.00392. The molecule has 22 heavy (non-hydrogen) atoms. The molecule has 2 N–H and O–H groups in total. The first kappa shape index (κ1) is 20.2. The highest BCUT2D eigenvalue weighted by molar-refractivity contribution is 6.74. The molecule has 1 unspecified atom stereocenters. The fourth-order valence-corrected chi connectivity index (χ4v) is 4.97. The summed E-state index contributed by atoms with van der Waals surface area (Å²) in [5.74, 6) is 0. The van der Waals surface area contributed by atoms with Crippen molar-refractivity contribution in [1.29, 1.82) is 0 Å². The Morgan fingerprint density at radius 3 is 2.32 bits per heavy atom. The van der Waals surface area contributed by atoms with Crippen molar-refractivity contribution in [3.05, 3.63) is 0 Å². The highest BCUT2D eigenvalue weighted by Gasteiger charge is 2.46. The van der Waals surface area contributed by atoms with Crippen LogP contribution in [0.15, 0.2) is 0 Å². The van der Waals surface area contributed by atoms with Gasteiger partial charge in [0.25, 0.3) is 0 Å². The molecule has 1 saturated carbocycles. The van der Waals surface area contributed by atoms with E-state index in [4.69, 9.17) is 10.2 Å². The van der Waals surface area contributed by atoms with E-state index in [1.54, 1.807) is 0 Å². The SMILES string of the molecule is CCCCCCC1(C)C[C@@H](N)CC[C@@H]1O[Si](C)(C)C(C)(C)C. The van der Waals surface area contributed by atoms with Crippen LogP contribution in [0, 0.1) is 5.41 Å². The molecule has 0 aromatic heterocycles. The third-order valence-corrected chi connectivity index (χ3v) is 10.6. The average molecular weight is 328 g/mol. The molecule has 0 heterocycles. The van der Waals surface area contributed by atoms with Crippen molar-refractivity contribution in [3.8, 4) is 0 Å². The smallest absolute Gasteiger partial charge is 0.192 e. The van der Waals surface area contributed by atoms with Crippen molar-refractivity contribution < 1.29 is 4.43 Å². The van der Waals surface area contributed by atoms with E-state index >= 15 is 0 Å². The van der Waals surface area contributed by atoms with Gasteiger partial charge in [-0.2, -0.15) is 0 Å². The topological polar surface area (TPSA) is 35.2 Å². The van der Waals surface area contributed by atoms with Gasteiger partial charge in [-0.1, -0.05) is 60.3 Å². The molecule has 1 fully saturated rings. The Kier molecular flexibility index (Phi) is 7.16. The van der Waals surface area contributed by atoms with Crippen LogP contribution in [-0.4, -0.2) is 20.5 Å². The normalized spacial score (nSPS) is 30.5. The molecule has 0 bridgehead atoms. The monoisotopic (exact) mass is 327 g/mol. The fraction of sp³-hybridized carbons (Fsp3) is 1.00.